The Kier molecular flexibility index (Phi) is 5.87. The first kappa shape index (κ1) is 20.2. The Balaban J connectivity index is 1.61. The second-order valence-electron chi connectivity index (χ2n) is 6.20. The zero-order chi connectivity index (χ0) is 21.1. The molecule has 0 N–H and O–H groups in total. The highest BCUT2D eigenvalue weighted by atomic mass is 35.5. The van der Waals surface area contributed by atoms with Crippen molar-refractivity contribution < 1.29 is 14.3 Å². The van der Waals surface area contributed by atoms with E-state index < -0.39 is 0 Å². The predicted octanol–water partition coefficient (Wildman–Crippen LogP) is 4.46. The number of hydrogen-bond donors (Lipinski definition) is 0. The van der Waals surface area contributed by atoms with Crippen molar-refractivity contribution >= 4 is 40.2 Å². The van der Waals surface area contributed by atoms with Crippen molar-refractivity contribution in [2.45, 2.75) is 5.03 Å². The molecule has 0 bridgehead atoms. The van der Waals surface area contributed by atoms with Crippen molar-refractivity contribution in [3.63, 3.8) is 0 Å². The molecule has 0 spiro atoms. The number of thioether (sulfide) groups is 1. The van der Waals surface area contributed by atoms with Crippen LogP contribution < -0.4 is 9.47 Å². The predicted molar refractivity (Wildman–Crippen MR) is 116 cm³/mol. The third kappa shape index (κ3) is 3.83. The number of aromatic nitrogens is 4. The van der Waals surface area contributed by atoms with E-state index in [1.807, 2.05) is 18.2 Å². The quantitative estimate of drug-likeness (QED) is 0.238. The monoisotopic (exact) mass is 440 g/mol. The molecule has 0 unspecified atom stereocenters. The molecule has 0 fully saturated rings. The molecule has 0 aliphatic rings. The maximum Gasteiger partial charge on any atom is 0.176 e. The highest BCUT2D eigenvalue weighted by Gasteiger charge is 2.17. The number of carbonyl (C=O) groups excluding carboxylic acids is 1. The molecular formula is C21H17ClN4O3S. The number of nitrogens with zero attached hydrogens (tertiary/aromatic N) is 4. The maximum atomic E-state index is 12.8. The van der Waals surface area contributed by atoms with Gasteiger partial charge in [-0.3, -0.25) is 4.79 Å². The fourth-order valence-electron chi connectivity index (χ4n) is 2.98. The number of Topliss-reactive ketones (excluding diaryl/α,β-unsaturated/α-hetero) is 1. The zero-order valence-corrected chi connectivity index (χ0v) is 17.8. The van der Waals surface area contributed by atoms with E-state index in [1.165, 1.54) is 25.2 Å². The van der Waals surface area contributed by atoms with Gasteiger partial charge in [0.2, 0.25) is 0 Å². The van der Waals surface area contributed by atoms with E-state index >= 15 is 0 Å². The summed E-state index contributed by atoms with van der Waals surface area (Å²) in [5.41, 5.74) is 1.80. The molecule has 2 heterocycles. The number of carbonyl (C=O) groups is 1. The first-order valence-electron chi connectivity index (χ1n) is 8.94. The average molecular weight is 441 g/mol. The molecule has 152 valence electrons. The van der Waals surface area contributed by atoms with Crippen molar-refractivity contribution in [1.82, 2.24) is 19.7 Å². The van der Waals surface area contributed by atoms with Gasteiger partial charge in [0.1, 0.15) is 22.9 Å². The highest BCUT2D eigenvalue weighted by molar-refractivity contribution is 8.00. The molecule has 0 aliphatic carbocycles. The molecule has 0 amide bonds. The molecule has 30 heavy (non-hydrogen) atoms. The van der Waals surface area contributed by atoms with Crippen molar-refractivity contribution in [2.75, 3.05) is 20.0 Å². The van der Waals surface area contributed by atoms with Gasteiger partial charge in [-0.1, -0.05) is 35.5 Å². The Morgan fingerprint density at radius 1 is 1.13 bits per heavy atom. The molecule has 0 saturated carbocycles. The first-order chi connectivity index (χ1) is 14.6. The topological polar surface area (TPSA) is 79.1 Å². The minimum absolute atomic E-state index is 0.0963. The summed E-state index contributed by atoms with van der Waals surface area (Å²) < 4.78 is 12.2. The van der Waals surface area contributed by atoms with Crippen LogP contribution in [0, 0.1) is 0 Å². The average Bonchev–Trinajstić information content (AvgIpc) is 3.21. The molecule has 2 aromatic heterocycles. The fourth-order valence-corrected chi connectivity index (χ4v) is 4.04. The standard InChI is InChI=1S/C21H17ClN4O3S/c1-28-13-7-8-19(29-2)14(9-13)18(27)11-30-21-15-10-25-26(20(15)23-12-24-21)17-6-4-3-5-16(17)22/h3-10,12H,11H2,1-2H3. The smallest absolute Gasteiger partial charge is 0.176 e. The van der Waals surface area contributed by atoms with Crippen LogP contribution in [0.3, 0.4) is 0 Å². The summed E-state index contributed by atoms with van der Waals surface area (Å²) in [6.45, 7) is 0. The molecular weight excluding hydrogens is 424 g/mol. The fraction of sp³-hybridized carbons (Fsp3) is 0.143. The van der Waals surface area contributed by atoms with Gasteiger partial charge in [-0.25, -0.2) is 14.6 Å². The van der Waals surface area contributed by atoms with E-state index in [1.54, 1.807) is 42.3 Å². The molecule has 0 aliphatic heterocycles. The highest BCUT2D eigenvalue weighted by Crippen LogP contribution is 2.30. The van der Waals surface area contributed by atoms with E-state index in [0.717, 1.165) is 11.1 Å². The number of hydrogen-bond acceptors (Lipinski definition) is 7. The third-order valence-corrected chi connectivity index (χ3v) is 5.78. The van der Waals surface area contributed by atoms with Crippen LogP contribution in [0.4, 0.5) is 0 Å². The van der Waals surface area contributed by atoms with Gasteiger partial charge in [0.05, 0.1) is 47.8 Å². The van der Waals surface area contributed by atoms with E-state index in [2.05, 4.69) is 15.1 Å². The number of fused-ring (bicyclic) bond motifs is 1. The molecule has 0 atom stereocenters. The largest absolute Gasteiger partial charge is 0.497 e. The molecule has 9 heteroatoms. The first-order valence-corrected chi connectivity index (χ1v) is 10.3. The molecule has 2 aromatic carbocycles. The number of halogens is 1. The van der Waals surface area contributed by atoms with Gasteiger partial charge in [-0.05, 0) is 30.3 Å². The van der Waals surface area contributed by atoms with Crippen molar-refractivity contribution in [2.24, 2.45) is 0 Å². The van der Waals surface area contributed by atoms with E-state index in [0.29, 0.717) is 32.8 Å². The lowest BCUT2D eigenvalue weighted by atomic mass is 10.1. The van der Waals surface area contributed by atoms with Crippen LogP contribution in [0.5, 0.6) is 11.5 Å². The number of methoxy groups -OCH3 is 2. The normalized spacial score (nSPS) is 10.9. The van der Waals surface area contributed by atoms with Crippen LogP contribution in [0.25, 0.3) is 16.7 Å². The van der Waals surface area contributed by atoms with Crippen LogP contribution in [0.1, 0.15) is 10.4 Å². The van der Waals surface area contributed by atoms with E-state index in [4.69, 9.17) is 21.1 Å². The summed E-state index contributed by atoms with van der Waals surface area (Å²) >= 11 is 7.62. The molecule has 4 rings (SSSR count). The lowest BCUT2D eigenvalue weighted by Crippen LogP contribution is -2.06. The van der Waals surface area contributed by atoms with Gasteiger partial charge < -0.3 is 9.47 Å². The van der Waals surface area contributed by atoms with Gasteiger partial charge in [0.25, 0.3) is 0 Å². The van der Waals surface area contributed by atoms with Gasteiger partial charge in [-0.15, -0.1) is 0 Å². The number of benzene rings is 2. The second-order valence-corrected chi connectivity index (χ2v) is 7.57. The lowest BCUT2D eigenvalue weighted by molar-refractivity contribution is 0.101. The molecule has 0 radical (unpaired) electrons. The summed E-state index contributed by atoms with van der Waals surface area (Å²) in [5.74, 6) is 1.17. The van der Waals surface area contributed by atoms with Gasteiger partial charge in [0, 0.05) is 0 Å². The van der Waals surface area contributed by atoms with Gasteiger partial charge in [0.15, 0.2) is 11.4 Å². The van der Waals surface area contributed by atoms with Crippen LogP contribution in [-0.2, 0) is 0 Å². The second kappa shape index (κ2) is 8.73. The van der Waals surface area contributed by atoms with Gasteiger partial charge in [-0.2, -0.15) is 5.10 Å². The summed E-state index contributed by atoms with van der Waals surface area (Å²) in [5, 5.41) is 6.39. The van der Waals surface area contributed by atoms with Gasteiger partial charge >= 0.3 is 0 Å². The Labute approximate surface area is 182 Å². The van der Waals surface area contributed by atoms with Crippen LogP contribution in [-0.4, -0.2) is 45.5 Å². The lowest BCUT2D eigenvalue weighted by Gasteiger charge is -2.09. The van der Waals surface area contributed by atoms with E-state index in [-0.39, 0.29) is 11.5 Å². The summed E-state index contributed by atoms with van der Waals surface area (Å²) in [6.07, 6.45) is 3.13. The maximum absolute atomic E-state index is 12.8. The van der Waals surface area contributed by atoms with Crippen molar-refractivity contribution in [1.29, 1.82) is 0 Å². The minimum atomic E-state index is -0.0963. The number of ether oxygens (including phenoxy) is 2. The Hall–Kier alpha value is -3.10. The van der Waals surface area contributed by atoms with Crippen LogP contribution >= 0.6 is 23.4 Å². The summed E-state index contributed by atoms with van der Waals surface area (Å²) in [6, 6.07) is 12.5. The Morgan fingerprint density at radius 2 is 1.97 bits per heavy atom. The van der Waals surface area contributed by atoms with Crippen LogP contribution in [0.2, 0.25) is 5.02 Å². The molecule has 4 aromatic rings. The van der Waals surface area contributed by atoms with E-state index in [9.17, 15) is 4.79 Å². The third-order valence-electron chi connectivity index (χ3n) is 4.46. The number of para-hydroxylation sites is 1. The minimum Gasteiger partial charge on any atom is -0.497 e. The van der Waals surface area contributed by atoms with Crippen LogP contribution in [0.15, 0.2) is 60.0 Å². The number of rotatable bonds is 7. The Bertz CT molecular complexity index is 1230. The van der Waals surface area contributed by atoms with Crippen molar-refractivity contribution in [3.05, 3.63) is 65.6 Å². The summed E-state index contributed by atoms with van der Waals surface area (Å²) in [7, 11) is 3.09. The molecule has 7 nitrogen and oxygen atoms in total. The Morgan fingerprint density at radius 3 is 2.73 bits per heavy atom. The SMILES string of the molecule is COc1ccc(OC)c(C(=O)CSc2ncnc3c2cnn3-c2ccccc2Cl)c1. The summed E-state index contributed by atoms with van der Waals surface area (Å²) in [4.78, 5) is 21.5. The number of ketones is 1. The van der Waals surface area contributed by atoms with Crippen molar-refractivity contribution in [3.8, 4) is 17.2 Å². The molecule has 0 saturated heterocycles. The zero-order valence-electron chi connectivity index (χ0n) is 16.2.